The molecule has 0 aliphatic carbocycles. The monoisotopic (exact) mass is 376 g/mol. The summed E-state index contributed by atoms with van der Waals surface area (Å²) in [6, 6.07) is 8.38. The van der Waals surface area contributed by atoms with Gasteiger partial charge in [-0.15, -0.1) is 0 Å². The molecule has 0 spiro atoms. The number of ether oxygens (including phenoxy) is 2. The first-order valence-corrected chi connectivity index (χ1v) is 8.54. The third-order valence-corrected chi connectivity index (χ3v) is 5.21. The van der Waals surface area contributed by atoms with Crippen LogP contribution in [0.2, 0.25) is 0 Å². The Morgan fingerprint density at radius 1 is 1.22 bits per heavy atom. The summed E-state index contributed by atoms with van der Waals surface area (Å²) in [5.41, 5.74) is 2.35. The zero-order chi connectivity index (χ0) is 16.4. The van der Waals surface area contributed by atoms with Gasteiger partial charge in [0.15, 0.2) is 0 Å². The van der Waals surface area contributed by atoms with Crippen molar-refractivity contribution >= 4 is 21.7 Å². The van der Waals surface area contributed by atoms with Gasteiger partial charge in [-0.2, -0.15) is 0 Å². The maximum atomic E-state index is 5.57. The number of pyridine rings is 1. The zero-order valence-electron chi connectivity index (χ0n) is 13.7. The number of methoxy groups -OCH3 is 2. The van der Waals surface area contributed by atoms with Gasteiger partial charge in [0.25, 0.3) is 0 Å². The SMILES string of the molecule is COc1ccc(OC)c([C@H]2CCCN2c2cc(C)c(Br)cn2)c1. The van der Waals surface area contributed by atoms with Crippen molar-refractivity contribution in [3.8, 4) is 11.5 Å². The Labute approximate surface area is 145 Å². The second-order valence-corrected chi connectivity index (χ2v) is 6.61. The highest BCUT2D eigenvalue weighted by molar-refractivity contribution is 9.10. The van der Waals surface area contributed by atoms with Gasteiger partial charge >= 0.3 is 0 Å². The number of halogens is 1. The van der Waals surface area contributed by atoms with Crippen molar-refractivity contribution in [2.75, 3.05) is 25.7 Å². The van der Waals surface area contributed by atoms with Crippen molar-refractivity contribution in [1.29, 1.82) is 0 Å². The molecule has 0 unspecified atom stereocenters. The summed E-state index contributed by atoms with van der Waals surface area (Å²) in [7, 11) is 3.41. The molecular formula is C18H21BrN2O2. The second kappa shape index (κ2) is 6.79. The van der Waals surface area contributed by atoms with Gasteiger partial charge in [0.05, 0.1) is 20.3 Å². The zero-order valence-corrected chi connectivity index (χ0v) is 15.3. The van der Waals surface area contributed by atoms with Crippen molar-refractivity contribution in [1.82, 2.24) is 4.98 Å². The van der Waals surface area contributed by atoms with E-state index in [9.17, 15) is 0 Å². The van der Waals surface area contributed by atoms with Crippen LogP contribution < -0.4 is 14.4 Å². The van der Waals surface area contributed by atoms with Crippen LogP contribution in [0.25, 0.3) is 0 Å². The van der Waals surface area contributed by atoms with Gasteiger partial charge in [0.1, 0.15) is 17.3 Å². The normalized spacial score (nSPS) is 17.4. The van der Waals surface area contributed by atoms with Gasteiger partial charge in [0, 0.05) is 22.8 Å². The molecule has 3 rings (SSSR count). The molecule has 0 amide bonds. The molecule has 2 aromatic rings. The fraction of sp³-hybridized carbons (Fsp3) is 0.389. The fourth-order valence-electron chi connectivity index (χ4n) is 3.15. The molecule has 1 aromatic heterocycles. The molecule has 1 fully saturated rings. The van der Waals surface area contributed by atoms with Crippen LogP contribution in [0.4, 0.5) is 5.82 Å². The van der Waals surface area contributed by atoms with E-state index in [1.54, 1.807) is 14.2 Å². The highest BCUT2D eigenvalue weighted by Gasteiger charge is 2.30. The molecule has 2 heterocycles. The molecule has 1 saturated heterocycles. The summed E-state index contributed by atoms with van der Waals surface area (Å²) in [5.74, 6) is 2.77. The molecule has 0 N–H and O–H groups in total. The van der Waals surface area contributed by atoms with Crippen molar-refractivity contribution in [2.24, 2.45) is 0 Å². The average Bonchev–Trinajstić information content (AvgIpc) is 3.06. The number of aromatic nitrogens is 1. The minimum absolute atomic E-state index is 0.258. The van der Waals surface area contributed by atoms with Crippen LogP contribution in [0.3, 0.4) is 0 Å². The number of benzene rings is 1. The fourth-order valence-corrected chi connectivity index (χ4v) is 3.36. The molecule has 122 valence electrons. The molecule has 23 heavy (non-hydrogen) atoms. The lowest BCUT2D eigenvalue weighted by Crippen LogP contribution is -2.24. The third kappa shape index (κ3) is 3.15. The quantitative estimate of drug-likeness (QED) is 0.785. The van der Waals surface area contributed by atoms with E-state index in [0.29, 0.717) is 0 Å². The van der Waals surface area contributed by atoms with Gasteiger partial charge in [0.2, 0.25) is 0 Å². The molecule has 4 nitrogen and oxygen atoms in total. The largest absolute Gasteiger partial charge is 0.497 e. The predicted octanol–water partition coefficient (Wildman–Crippen LogP) is 4.51. The Bertz CT molecular complexity index is 705. The number of nitrogens with zero attached hydrogens (tertiary/aromatic N) is 2. The van der Waals surface area contributed by atoms with Gasteiger partial charge in [-0.25, -0.2) is 4.98 Å². The van der Waals surface area contributed by atoms with E-state index in [2.05, 4.69) is 44.9 Å². The summed E-state index contributed by atoms with van der Waals surface area (Å²) in [6.07, 6.45) is 4.10. The molecule has 1 aromatic carbocycles. The van der Waals surface area contributed by atoms with Crippen molar-refractivity contribution in [3.05, 3.63) is 46.1 Å². The third-order valence-electron chi connectivity index (χ3n) is 4.38. The number of anilines is 1. The van der Waals surface area contributed by atoms with Crippen LogP contribution in [0, 0.1) is 6.92 Å². The minimum Gasteiger partial charge on any atom is -0.497 e. The first kappa shape index (κ1) is 16.1. The number of rotatable bonds is 4. The Morgan fingerprint density at radius 2 is 2.04 bits per heavy atom. The summed E-state index contributed by atoms with van der Waals surface area (Å²) >= 11 is 3.52. The summed E-state index contributed by atoms with van der Waals surface area (Å²) in [4.78, 5) is 6.96. The van der Waals surface area contributed by atoms with Crippen molar-refractivity contribution in [2.45, 2.75) is 25.8 Å². The minimum atomic E-state index is 0.258. The smallest absolute Gasteiger partial charge is 0.129 e. The van der Waals surface area contributed by atoms with E-state index in [4.69, 9.17) is 9.47 Å². The standard InChI is InChI=1S/C18H21BrN2O2/c1-12-9-18(20-11-15(12)19)21-8-4-5-16(21)14-10-13(22-2)6-7-17(14)23-3/h6-7,9-11,16H,4-5,8H2,1-3H3/t16-/m1/s1. The number of hydrogen-bond acceptors (Lipinski definition) is 4. The molecule has 0 bridgehead atoms. The molecular weight excluding hydrogens is 356 g/mol. The molecule has 5 heteroatoms. The lowest BCUT2D eigenvalue weighted by atomic mass is 10.0. The number of hydrogen-bond donors (Lipinski definition) is 0. The van der Waals surface area contributed by atoms with Crippen LogP contribution in [0.5, 0.6) is 11.5 Å². The maximum Gasteiger partial charge on any atom is 0.129 e. The van der Waals surface area contributed by atoms with Crippen molar-refractivity contribution < 1.29 is 9.47 Å². The first-order valence-electron chi connectivity index (χ1n) is 7.74. The van der Waals surface area contributed by atoms with E-state index in [1.165, 1.54) is 5.56 Å². The second-order valence-electron chi connectivity index (χ2n) is 5.75. The average molecular weight is 377 g/mol. The van der Waals surface area contributed by atoms with E-state index >= 15 is 0 Å². The Hall–Kier alpha value is -1.75. The molecule has 1 aliphatic heterocycles. The molecule has 1 atom stereocenters. The van der Waals surface area contributed by atoms with Crippen LogP contribution >= 0.6 is 15.9 Å². The molecule has 0 saturated carbocycles. The van der Waals surface area contributed by atoms with Crippen LogP contribution in [0.15, 0.2) is 34.9 Å². The van der Waals surface area contributed by atoms with Crippen molar-refractivity contribution in [3.63, 3.8) is 0 Å². The van der Waals surface area contributed by atoms with Crippen LogP contribution in [-0.4, -0.2) is 25.7 Å². The Morgan fingerprint density at radius 3 is 2.74 bits per heavy atom. The topological polar surface area (TPSA) is 34.6 Å². The van der Waals surface area contributed by atoms with Crippen LogP contribution in [-0.2, 0) is 0 Å². The van der Waals surface area contributed by atoms with Gasteiger partial charge in [-0.3, -0.25) is 0 Å². The highest BCUT2D eigenvalue weighted by atomic mass is 79.9. The van der Waals surface area contributed by atoms with E-state index in [0.717, 1.165) is 46.7 Å². The molecule has 1 aliphatic rings. The first-order chi connectivity index (χ1) is 11.1. The predicted molar refractivity (Wildman–Crippen MR) is 95.5 cm³/mol. The lowest BCUT2D eigenvalue weighted by Gasteiger charge is -2.28. The highest BCUT2D eigenvalue weighted by Crippen LogP contribution is 2.41. The van der Waals surface area contributed by atoms with Gasteiger partial charge < -0.3 is 14.4 Å². The van der Waals surface area contributed by atoms with Gasteiger partial charge in [-0.05, 0) is 65.5 Å². The van der Waals surface area contributed by atoms with Crippen LogP contribution in [0.1, 0.15) is 30.0 Å². The van der Waals surface area contributed by atoms with E-state index in [1.807, 2.05) is 18.3 Å². The summed E-state index contributed by atoms with van der Waals surface area (Å²) in [6.45, 7) is 3.09. The number of aryl methyl sites for hydroxylation is 1. The van der Waals surface area contributed by atoms with E-state index < -0.39 is 0 Å². The Balaban J connectivity index is 1.99. The molecule has 0 radical (unpaired) electrons. The Kier molecular flexibility index (Phi) is 4.76. The maximum absolute atomic E-state index is 5.57. The lowest BCUT2D eigenvalue weighted by molar-refractivity contribution is 0.395. The van der Waals surface area contributed by atoms with E-state index in [-0.39, 0.29) is 6.04 Å². The van der Waals surface area contributed by atoms with Gasteiger partial charge in [-0.1, -0.05) is 0 Å². The summed E-state index contributed by atoms with van der Waals surface area (Å²) in [5, 5.41) is 0. The summed E-state index contributed by atoms with van der Waals surface area (Å²) < 4.78 is 12.0.